The minimum Gasteiger partial charge on any atom is -0.370 e. The molecule has 0 spiro atoms. The average molecular weight is 248 g/mol. The molecule has 17 heavy (non-hydrogen) atoms. The molecule has 0 saturated carbocycles. The van der Waals surface area contributed by atoms with E-state index in [0.29, 0.717) is 0 Å². The molecular formula is C12H16N4S. The van der Waals surface area contributed by atoms with Crippen LogP contribution in [0.3, 0.4) is 0 Å². The third-order valence-corrected chi connectivity index (χ3v) is 3.29. The molecule has 0 saturated heterocycles. The monoisotopic (exact) mass is 248 g/mol. The summed E-state index contributed by atoms with van der Waals surface area (Å²) >= 11 is 1.78. The molecule has 2 heterocycles. The second kappa shape index (κ2) is 5.72. The van der Waals surface area contributed by atoms with E-state index >= 15 is 0 Å². The first kappa shape index (κ1) is 12.0. The van der Waals surface area contributed by atoms with Crippen molar-refractivity contribution in [2.75, 3.05) is 11.9 Å². The third-order valence-electron chi connectivity index (χ3n) is 2.27. The number of aryl methyl sites for hydroxylation is 1. The first-order valence-electron chi connectivity index (χ1n) is 5.58. The number of hydrogen-bond donors (Lipinski definition) is 1. The molecule has 0 aliphatic carbocycles. The Hall–Kier alpha value is -1.49. The van der Waals surface area contributed by atoms with Crippen LogP contribution in [0.4, 0.5) is 5.82 Å². The Morgan fingerprint density at radius 1 is 1.47 bits per heavy atom. The number of aromatic nitrogens is 3. The van der Waals surface area contributed by atoms with Crippen molar-refractivity contribution in [2.24, 2.45) is 7.05 Å². The van der Waals surface area contributed by atoms with Crippen molar-refractivity contribution in [1.29, 1.82) is 0 Å². The summed E-state index contributed by atoms with van der Waals surface area (Å²) in [5.41, 5.74) is 1.27. The highest BCUT2D eigenvalue weighted by molar-refractivity contribution is 7.98. The number of nitrogens with one attached hydrogen (secondary N) is 1. The maximum Gasteiger partial charge on any atom is 0.126 e. The van der Waals surface area contributed by atoms with Gasteiger partial charge in [0.25, 0.3) is 0 Å². The van der Waals surface area contributed by atoms with Gasteiger partial charge in [0.1, 0.15) is 5.82 Å². The summed E-state index contributed by atoms with van der Waals surface area (Å²) in [6.45, 7) is 2.96. The summed E-state index contributed by atoms with van der Waals surface area (Å²) < 4.78 is 1.82. The molecule has 2 rings (SSSR count). The van der Waals surface area contributed by atoms with Crippen LogP contribution >= 0.6 is 11.8 Å². The molecule has 0 amide bonds. The summed E-state index contributed by atoms with van der Waals surface area (Å²) in [6.07, 6.45) is 5.76. The van der Waals surface area contributed by atoms with E-state index in [-0.39, 0.29) is 0 Å². The van der Waals surface area contributed by atoms with E-state index in [4.69, 9.17) is 0 Å². The summed E-state index contributed by atoms with van der Waals surface area (Å²) in [5, 5.41) is 7.36. The summed E-state index contributed by atoms with van der Waals surface area (Å²) in [4.78, 5) is 5.44. The smallest absolute Gasteiger partial charge is 0.126 e. The number of thioether (sulfide) groups is 1. The zero-order chi connectivity index (χ0) is 12.1. The molecule has 0 aromatic carbocycles. The van der Waals surface area contributed by atoms with Crippen LogP contribution < -0.4 is 5.32 Å². The number of pyridine rings is 1. The van der Waals surface area contributed by atoms with Crippen molar-refractivity contribution in [3.05, 3.63) is 36.3 Å². The Morgan fingerprint density at radius 2 is 2.35 bits per heavy atom. The van der Waals surface area contributed by atoms with Crippen LogP contribution in [0.5, 0.6) is 0 Å². The number of anilines is 1. The predicted octanol–water partition coefficient (Wildman–Crippen LogP) is 2.54. The lowest BCUT2D eigenvalue weighted by Gasteiger charge is -2.04. The van der Waals surface area contributed by atoms with E-state index in [1.54, 1.807) is 11.8 Å². The first-order chi connectivity index (χ1) is 8.28. The third kappa shape index (κ3) is 3.49. The standard InChI is InChI=1S/C12H16N4S/c1-3-13-12-6-10(4-5-14-12)9-17-11-7-15-16(2)8-11/h4-8H,3,9H2,1-2H3,(H,13,14). The zero-order valence-corrected chi connectivity index (χ0v) is 10.9. The van der Waals surface area contributed by atoms with Crippen LogP contribution in [0, 0.1) is 0 Å². The number of hydrogen-bond acceptors (Lipinski definition) is 4. The maximum absolute atomic E-state index is 4.25. The maximum atomic E-state index is 4.25. The Balaban J connectivity index is 1.96. The van der Waals surface area contributed by atoms with E-state index < -0.39 is 0 Å². The van der Waals surface area contributed by atoms with E-state index in [0.717, 1.165) is 18.1 Å². The van der Waals surface area contributed by atoms with Crippen LogP contribution in [-0.2, 0) is 12.8 Å². The van der Waals surface area contributed by atoms with Crippen LogP contribution in [0.2, 0.25) is 0 Å². The van der Waals surface area contributed by atoms with Crippen LogP contribution in [0.15, 0.2) is 35.6 Å². The lowest BCUT2D eigenvalue weighted by atomic mass is 10.3. The van der Waals surface area contributed by atoms with Crippen molar-refractivity contribution in [1.82, 2.24) is 14.8 Å². The van der Waals surface area contributed by atoms with Gasteiger partial charge in [-0.1, -0.05) is 0 Å². The highest BCUT2D eigenvalue weighted by Crippen LogP contribution is 2.22. The van der Waals surface area contributed by atoms with Gasteiger partial charge in [-0.25, -0.2) is 4.98 Å². The fourth-order valence-electron chi connectivity index (χ4n) is 1.48. The van der Waals surface area contributed by atoms with Gasteiger partial charge in [-0.3, -0.25) is 4.68 Å². The summed E-state index contributed by atoms with van der Waals surface area (Å²) in [7, 11) is 1.93. The van der Waals surface area contributed by atoms with Gasteiger partial charge in [0, 0.05) is 36.6 Å². The quantitative estimate of drug-likeness (QED) is 0.826. The SMILES string of the molecule is CCNc1cc(CSc2cnn(C)c2)ccn1. The lowest BCUT2D eigenvalue weighted by Crippen LogP contribution is -1.99. The largest absolute Gasteiger partial charge is 0.370 e. The Kier molecular flexibility index (Phi) is 4.03. The van der Waals surface area contributed by atoms with Gasteiger partial charge in [0.2, 0.25) is 0 Å². The van der Waals surface area contributed by atoms with Gasteiger partial charge < -0.3 is 5.32 Å². The van der Waals surface area contributed by atoms with E-state index in [1.165, 1.54) is 10.5 Å². The normalized spacial score (nSPS) is 10.5. The molecule has 0 aliphatic heterocycles. The second-order valence-electron chi connectivity index (χ2n) is 3.72. The van der Waals surface area contributed by atoms with Crippen molar-refractivity contribution >= 4 is 17.6 Å². The predicted molar refractivity (Wildman–Crippen MR) is 71.2 cm³/mol. The van der Waals surface area contributed by atoms with Crippen molar-refractivity contribution in [3.8, 4) is 0 Å². The highest BCUT2D eigenvalue weighted by atomic mass is 32.2. The molecule has 0 unspecified atom stereocenters. The Labute approximate surface area is 105 Å². The molecule has 1 N–H and O–H groups in total. The van der Waals surface area contributed by atoms with Gasteiger partial charge in [-0.2, -0.15) is 5.10 Å². The fraction of sp³-hybridized carbons (Fsp3) is 0.333. The average Bonchev–Trinajstić information content (AvgIpc) is 2.74. The minimum atomic E-state index is 0.895. The molecule has 5 heteroatoms. The molecule has 0 fully saturated rings. The highest BCUT2D eigenvalue weighted by Gasteiger charge is 2.00. The Bertz CT molecular complexity index is 481. The lowest BCUT2D eigenvalue weighted by molar-refractivity contribution is 0.766. The van der Waals surface area contributed by atoms with Gasteiger partial charge in [-0.15, -0.1) is 11.8 Å². The molecule has 0 bridgehead atoms. The van der Waals surface area contributed by atoms with E-state index in [1.807, 2.05) is 36.4 Å². The molecular weight excluding hydrogens is 232 g/mol. The Morgan fingerprint density at radius 3 is 3.06 bits per heavy atom. The van der Waals surface area contributed by atoms with Crippen molar-refractivity contribution < 1.29 is 0 Å². The molecule has 0 atom stereocenters. The van der Waals surface area contributed by atoms with E-state index in [9.17, 15) is 0 Å². The molecule has 90 valence electrons. The molecule has 0 aliphatic rings. The van der Waals surface area contributed by atoms with Gasteiger partial charge in [0.15, 0.2) is 0 Å². The van der Waals surface area contributed by atoms with Crippen LogP contribution in [0.1, 0.15) is 12.5 Å². The molecule has 0 radical (unpaired) electrons. The molecule has 4 nitrogen and oxygen atoms in total. The van der Waals surface area contributed by atoms with Crippen LogP contribution in [0.25, 0.3) is 0 Å². The number of rotatable bonds is 5. The van der Waals surface area contributed by atoms with Gasteiger partial charge >= 0.3 is 0 Å². The van der Waals surface area contributed by atoms with Crippen molar-refractivity contribution in [2.45, 2.75) is 17.6 Å². The topological polar surface area (TPSA) is 42.7 Å². The molecule has 2 aromatic rings. The van der Waals surface area contributed by atoms with Gasteiger partial charge in [-0.05, 0) is 24.6 Å². The van der Waals surface area contributed by atoms with Gasteiger partial charge in [0.05, 0.1) is 6.20 Å². The molecule has 2 aromatic heterocycles. The van der Waals surface area contributed by atoms with Crippen molar-refractivity contribution in [3.63, 3.8) is 0 Å². The minimum absolute atomic E-state index is 0.895. The first-order valence-corrected chi connectivity index (χ1v) is 6.56. The summed E-state index contributed by atoms with van der Waals surface area (Å²) in [5.74, 6) is 1.88. The van der Waals surface area contributed by atoms with E-state index in [2.05, 4.69) is 28.4 Å². The number of nitrogens with zero attached hydrogens (tertiary/aromatic N) is 3. The fourth-order valence-corrected chi connectivity index (χ4v) is 2.34. The van der Waals surface area contributed by atoms with Crippen LogP contribution in [-0.4, -0.2) is 21.3 Å². The zero-order valence-electron chi connectivity index (χ0n) is 10.1. The second-order valence-corrected chi connectivity index (χ2v) is 4.77. The summed E-state index contributed by atoms with van der Waals surface area (Å²) in [6, 6.07) is 4.14.